The zero-order valence-electron chi connectivity index (χ0n) is 16.9. The molecule has 13 heteroatoms. The van der Waals surface area contributed by atoms with Gasteiger partial charge in [-0.2, -0.15) is 0 Å². The van der Waals surface area contributed by atoms with Crippen LogP contribution >= 0.6 is 0 Å². The van der Waals surface area contributed by atoms with E-state index < -0.39 is 23.7 Å². The fraction of sp³-hybridized carbons (Fsp3) is 0.471. The average Bonchev–Trinajstić information content (AvgIpc) is 3.37. The number of nitrogens with one attached hydrogen (secondary N) is 1. The second kappa shape index (κ2) is 7.11. The van der Waals surface area contributed by atoms with Gasteiger partial charge in [0.15, 0.2) is 17.0 Å². The number of imidazole rings is 2. The number of nitrogens with zero attached hydrogens (tertiary/aromatic N) is 7. The van der Waals surface area contributed by atoms with Gasteiger partial charge in [-0.3, -0.25) is 23.6 Å². The summed E-state index contributed by atoms with van der Waals surface area (Å²) in [5.74, 6) is 0.188. The van der Waals surface area contributed by atoms with Crippen LogP contribution in [0, 0.1) is 0 Å². The highest BCUT2D eigenvalue weighted by atomic mass is 16.5. The number of aliphatic hydroxyl groups is 1. The zero-order valence-corrected chi connectivity index (χ0v) is 16.9. The summed E-state index contributed by atoms with van der Waals surface area (Å²) in [6, 6.07) is 0. The Morgan fingerprint density at radius 3 is 2.60 bits per heavy atom. The van der Waals surface area contributed by atoms with Crippen molar-refractivity contribution in [2.45, 2.75) is 19.0 Å². The minimum Gasteiger partial charge on any atom is -0.389 e. The normalized spacial score (nSPS) is 17.6. The standard InChI is InChI=1S/C17H22N8O5/c1-21-13-11(15(28)23(3)16(21)29)25(8-20-13)5-9(26)6-30-17-22(2)12-10(18-7-19-12)14(27)24(17)4/h7-9,17,26H,5-6H2,1-4H3,(H,18,19). The molecule has 30 heavy (non-hydrogen) atoms. The molecule has 0 fully saturated rings. The number of carbonyl (C=O) groups is 1. The molecule has 0 saturated heterocycles. The Hall–Kier alpha value is -3.45. The smallest absolute Gasteiger partial charge is 0.332 e. The van der Waals surface area contributed by atoms with Crippen molar-refractivity contribution in [2.75, 3.05) is 25.6 Å². The maximum atomic E-state index is 12.5. The fourth-order valence-electron chi connectivity index (χ4n) is 3.59. The van der Waals surface area contributed by atoms with Gasteiger partial charge in [0.2, 0.25) is 6.35 Å². The molecule has 1 amide bonds. The molecule has 4 heterocycles. The van der Waals surface area contributed by atoms with E-state index in [4.69, 9.17) is 4.74 Å². The number of aromatic nitrogens is 6. The van der Waals surface area contributed by atoms with Crippen molar-refractivity contribution >= 4 is 22.9 Å². The molecule has 1 aliphatic rings. The summed E-state index contributed by atoms with van der Waals surface area (Å²) in [6.45, 7) is -0.0934. The van der Waals surface area contributed by atoms with Gasteiger partial charge in [0.1, 0.15) is 5.69 Å². The molecule has 2 N–H and O–H groups in total. The highest BCUT2D eigenvalue weighted by Crippen LogP contribution is 2.26. The van der Waals surface area contributed by atoms with Crippen molar-refractivity contribution in [3.05, 3.63) is 39.2 Å². The quantitative estimate of drug-likeness (QED) is 0.486. The number of carbonyl (C=O) groups excluding carboxylic acids is 1. The predicted octanol–water partition coefficient (Wildman–Crippen LogP) is -1.96. The fourth-order valence-corrected chi connectivity index (χ4v) is 3.59. The van der Waals surface area contributed by atoms with E-state index in [0.29, 0.717) is 11.5 Å². The third kappa shape index (κ3) is 2.90. The van der Waals surface area contributed by atoms with Gasteiger partial charge in [-0.05, 0) is 0 Å². The predicted molar refractivity (Wildman–Crippen MR) is 105 cm³/mol. The number of fused-ring (bicyclic) bond motifs is 2. The van der Waals surface area contributed by atoms with E-state index in [2.05, 4.69) is 15.0 Å². The van der Waals surface area contributed by atoms with Gasteiger partial charge in [-0.25, -0.2) is 14.8 Å². The van der Waals surface area contributed by atoms with E-state index >= 15 is 0 Å². The van der Waals surface area contributed by atoms with Gasteiger partial charge < -0.3 is 24.3 Å². The number of H-pyrrole nitrogens is 1. The Labute approximate surface area is 169 Å². The maximum absolute atomic E-state index is 12.5. The molecule has 3 aromatic rings. The van der Waals surface area contributed by atoms with Crippen LogP contribution in [-0.4, -0.2) is 77.7 Å². The highest BCUT2D eigenvalue weighted by Gasteiger charge is 2.36. The maximum Gasteiger partial charge on any atom is 0.332 e. The van der Waals surface area contributed by atoms with E-state index in [1.807, 2.05) is 0 Å². The number of aliphatic hydroxyl groups excluding tert-OH is 1. The number of aromatic amines is 1. The number of aryl methyl sites for hydroxylation is 1. The SMILES string of the molecule is CN1C(=O)c2[nH]cnc2N(C)C1OCC(O)Cn1cnc2c1c(=O)n(C)c(=O)n2C. The first-order chi connectivity index (χ1) is 14.2. The third-order valence-corrected chi connectivity index (χ3v) is 5.21. The summed E-state index contributed by atoms with van der Waals surface area (Å²) < 4.78 is 9.52. The third-order valence-electron chi connectivity index (χ3n) is 5.21. The van der Waals surface area contributed by atoms with Crippen molar-refractivity contribution < 1.29 is 14.6 Å². The summed E-state index contributed by atoms with van der Waals surface area (Å²) >= 11 is 0. The second-order valence-electron chi connectivity index (χ2n) is 7.22. The van der Waals surface area contributed by atoms with E-state index in [-0.39, 0.29) is 30.2 Å². The van der Waals surface area contributed by atoms with Crippen LogP contribution in [0.4, 0.5) is 5.82 Å². The molecule has 0 saturated carbocycles. The Morgan fingerprint density at radius 1 is 1.13 bits per heavy atom. The van der Waals surface area contributed by atoms with E-state index in [1.54, 1.807) is 19.0 Å². The van der Waals surface area contributed by atoms with Crippen LogP contribution in [-0.2, 0) is 25.4 Å². The molecular formula is C17H22N8O5. The molecule has 2 atom stereocenters. The monoisotopic (exact) mass is 418 g/mol. The number of hydrogen-bond acceptors (Lipinski definition) is 8. The second-order valence-corrected chi connectivity index (χ2v) is 7.22. The molecule has 13 nitrogen and oxygen atoms in total. The molecule has 0 spiro atoms. The van der Waals surface area contributed by atoms with Crippen molar-refractivity contribution in [3.8, 4) is 0 Å². The van der Waals surface area contributed by atoms with Crippen LogP contribution in [0.2, 0.25) is 0 Å². The Morgan fingerprint density at radius 2 is 1.87 bits per heavy atom. The van der Waals surface area contributed by atoms with Crippen LogP contribution in [0.3, 0.4) is 0 Å². The van der Waals surface area contributed by atoms with Gasteiger partial charge in [-0.1, -0.05) is 0 Å². The summed E-state index contributed by atoms with van der Waals surface area (Å²) in [5, 5.41) is 10.5. The van der Waals surface area contributed by atoms with Crippen LogP contribution in [0.5, 0.6) is 0 Å². The number of anilines is 1. The number of rotatable bonds is 5. The van der Waals surface area contributed by atoms with Crippen molar-refractivity contribution in [2.24, 2.45) is 14.1 Å². The molecule has 0 bridgehead atoms. The lowest BCUT2D eigenvalue weighted by molar-refractivity contribution is -0.0708. The Balaban J connectivity index is 1.51. The van der Waals surface area contributed by atoms with E-state index in [1.165, 1.54) is 40.8 Å². The van der Waals surface area contributed by atoms with Crippen molar-refractivity contribution in [1.29, 1.82) is 0 Å². The van der Waals surface area contributed by atoms with Crippen LogP contribution < -0.4 is 16.1 Å². The van der Waals surface area contributed by atoms with Gasteiger partial charge >= 0.3 is 5.69 Å². The molecule has 1 aliphatic heterocycles. The first-order valence-corrected chi connectivity index (χ1v) is 9.16. The summed E-state index contributed by atoms with van der Waals surface area (Å²) in [6.07, 6.45) is 1.08. The first kappa shape index (κ1) is 19.8. The highest BCUT2D eigenvalue weighted by molar-refractivity contribution is 5.98. The summed E-state index contributed by atoms with van der Waals surface area (Å²) in [7, 11) is 6.23. The molecule has 3 aromatic heterocycles. The van der Waals surface area contributed by atoms with Gasteiger partial charge in [0.05, 0.1) is 31.9 Å². The Kier molecular flexibility index (Phi) is 4.70. The molecule has 0 radical (unpaired) electrons. The number of amides is 1. The number of ether oxygens (including phenoxy) is 1. The van der Waals surface area contributed by atoms with Crippen LogP contribution in [0.1, 0.15) is 10.5 Å². The molecule has 0 aromatic carbocycles. The summed E-state index contributed by atoms with van der Waals surface area (Å²) in [5.41, 5.74) is -0.164. The molecule has 2 unspecified atom stereocenters. The van der Waals surface area contributed by atoms with Gasteiger partial charge in [0, 0.05) is 28.2 Å². The van der Waals surface area contributed by atoms with Gasteiger partial charge in [0.25, 0.3) is 11.5 Å². The van der Waals surface area contributed by atoms with Crippen LogP contribution in [0.25, 0.3) is 11.2 Å². The van der Waals surface area contributed by atoms with Crippen LogP contribution in [0.15, 0.2) is 22.2 Å². The van der Waals surface area contributed by atoms with E-state index in [9.17, 15) is 19.5 Å². The minimum absolute atomic E-state index is 0.0195. The lowest BCUT2D eigenvalue weighted by atomic mass is 10.3. The lowest BCUT2D eigenvalue weighted by Gasteiger charge is -2.39. The molecule has 4 rings (SSSR count). The first-order valence-electron chi connectivity index (χ1n) is 9.16. The largest absolute Gasteiger partial charge is 0.389 e. The van der Waals surface area contributed by atoms with Gasteiger partial charge in [-0.15, -0.1) is 0 Å². The van der Waals surface area contributed by atoms with Crippen molar-refractivity contribution in [3.63, 3.8) is 0 Å². The minimum atomic E-state index is -0.998. The summed E-state index contributed by atoms with van der Waals surface area (Å²) in [4.78, 5) is 51.1. The van der Waals surface area contributed by atoms with Crippen molar-refractivity contribution in [1.82, 2.24) is 33.6 Å². The topological polar surface area (TPSA) is 144 Å². The zero-order chi connectivity index (χ0) is 21.7. The number of hydrogen-bond donors (Lipinski definition) is 2. The van der Waals surface area contributed by atoms with E-state index in [0.717, 1.165) is 4.57 Å². The average molecular weight is 418 g/mol. The Bertz CT molecular complexity index is 1240. The lowest BCUT2D eigenvalue weighted by Crippen LogP contribution is -2.54. The molecular weight excluding hydrogens is 396 g/mol. The molecule has 160 valence electrons. The molecule has 0 aliphatic carbocycles.